The molecule has 1 aromatic heterocycles. The number of hydrogen-bond acceptors (Lipinski definition) is 4. The zero-order valence-corrected chi connectivity index (χ0v) is 11.8. The zero-order chi connectivity index (χ0) is 14.3. The lowest BCUT2D eigenvalue weighted by atomic mass is 9.85. The van der Waals surface area contributed by atoms with Crippen LogP contribution in [0, 0.1) is 5.92 Å². The van der Waals surface area contributed by atoms with Crippen LogP contribution in [0.5, 0.6) is 0 Å². The topological polar surface area (TPSA) is 70.5 Å². The van der Waals surface area contributed by atoms with E-state index in [0.717, 1.165) is 16.4 Å². The number of nitrogens with zero attached hydrogens (tertiary/aromatic N) is 2. The summed E-state index contributed by atoms with van der Waals surface area (Å²) in [6.45, 7) is 1.96. The number of amides is 1. The van der Waals surface area contributed by atoms with Crippen LogP contribution in [0.15, 0.2) is 40.0 Å². The second-order valence-corrected chi connectivity index (χ2v) is 5.96. The molecule has 2 aliphatic rings. The summed E-state index contributed by atoms with van der Waals surface area (Å²) in [6.07, 6.45) is 3.05. The van der Waals surface area contributed by atoms with E-state index in [1.54, 1.807) is 6.20 Å². The van der Waals surface area contributed by atoms with Crippen molar-refractivity contribution in [1.82, 2.24) is 9.88 Å². The minimum absolute atomic E-state index is 0.0183. The summed E-state index contributed by atoms with van der Waals surface area (Å²) in [5.41, 5.74) is 0.139. The van der Waals surface area contributed by atoms with E-state index in [9.17, 15) is 14.7 Å². The van der Waals surface area contributed by atoms with E-state index in [0.29, 0.717) is 6.42 Å². The number of β-lactam (4-membered cyclic amide) rings is 1. The van der Waals surface area contributed by atoms with Gasteiger partial charge in [0.25, 0.3) is 0 Å². The second-order valence-electron chi connectivity index (χ2n) is 4.84. The summed E-state index contributed by atoms with van der Waals surface area (Å²) >= 11 is 1.34. The lowest BCUT2D eigenvalue weighted by Gasteiger charge is -2.42. The van der Waals surface area contributed by atoms with Crippen molar-refractivity contribution in [3.63, 3.8) is 0 Å². The first kappa shape index (κ1) is 13.2. The molecule has 0 spiro atoms. The predicted octanol–water partition coefficient (Wildman–Crippen LogP) is 2.11. The molecule has 1 aromatic rings. The molecule has 104 valence electrons. The van der Waals surface area contributed by atoms with Gasteiger partial charge < -0.3 is 10.0 Å². The molecule has 0 saturated carbocycles. The number of aromatic nitrogens is 1. The molecule has 0 aromatic carbocycles. The quantitative estimate of drug-likeness (QED) is 0.860. The Kier molecular flexibility index (Phi) is 3.25. The third kappa shape index (κ3) is 1.91. The Morgan fingerprint density at radius 2 is 2.35 bits per heavy atom. The number of rotatable bonds is 4. The first-order chi connectivity index (χ1) is 9.63. The first-order valence-electron chi connectivity index (χ1n) is 6.52. The molecule has 2 unspecified atom stereocenters. The number of thioether (sulfide) groups is 1. The van der Waals surface area contributed by atoms with Gasteiger partial charge in [0.2, 0.25) is 5.91 Å². The molecular formula is C14H14N2O3S. The molecule has 0 radical (unpaired) electrons. The van der Waals surface area contributed by atoms with Crippen molar-refractivity contribution in [1.29, 1.82) is 0 Å². The Bertz CT molecular complexity index is 600. The van der Waals surface area contributed by atoms with Gasteiger partial charge in [-0.1, -0.05) is 24.8 Å². The van der Waals surface area contributed by atoms with Gasteiger partial charge in [-0.3, -0.25) is 4.79 Å². The molecule has 1 N–H and O–H groups in total. The fourth-order valence-corrected chi connectivity index (χ4v) is 3.88. The maximum Gasteiger partial charge on any atom is 0.353 e. The van der Waals surface area contributed by atoms with Crippen LogP contribution >= 0.6 is 11.8 Å². The summed E-state index contributed by atoms with van der Waals surface area (Å²) in [7, 11) is 0. The van der Waals surface area contributed by atoms with E-state index in [1.165, 1.54) is 16.7 Å². The number of aliphatic carboxylic acids is 1. The normalized spacial score (nSPS) is 24.6. The number of carboxylic acid groups (broad SMARTS) is 1. The van der Waals surface area contributed by atoms with Crippen molar-refractivity contribution in [2.75, 3.05) is 0 Å². The molecule has 0 bridgehead atoms. The fraction of sp³-hybridized carbons (Fsp3) is 0.357. The summed E-state index contributed by atoms with van der Waals surface area (Å²) in [5.74, 6) is -1.13. The third-order valence-electron chi connectivity index (χ3n) is 3.76. The number of pyridine rings is 1. The van der Waals surface area contributed by atoms with Gasteiger partial charge in [-0.15, -0.1) is 0 Å². The van der Waals surface area contributed by atoms with Gasteiger partial charge in [0.1, 0.15) is 10.7 Å². The Morgan fingerprint density at radius 3 is 2.95 bits per heavy atom. The van der Waals surface area contributed by atoms with E-state index >= 15 is 0 Å². The number of fused-ring (bicyclic) bond motifs is 1. The Morgan fingerprint density at radius 1 is 1.55 bits per heavy atom. The average Bonchev–Trinajstić information content (AvgIpc) is 2.76. The second kappa shape index (κ2) is 4.94. The number of carbonyl (C=O) groups is 2. The highest BCUT2D eigenvalue weighted by atomic mass is 32.2. The molecule has 1 fully saturated rings. The Balaban J connectivity index is 1.90. The lowest BCUT2D eigenvalue weighted by molar-refractivity contribution is -0.155. The molecule has 6 heteroatoms. The van der Waals surface area contributed by atoms with Crippen LogP contribution in [0.2, 0.25) is 0 Å². The average molecular weight is 290 g/mol. The van der Waals surface area contributed by atoms with Crippen molar-refractivity contribution >= 4 is 23.6 Å². The zero-order valence-electron chi connectivity index (χ0n) is 10.9. The molecule has 2 aliphatic heterocycles. The molecular weight excluding hydrogens is 276 g/mol. The minimum Gasteiger partial charge on any atom is -0.477 e. The highest BCUT2D eigenvalue weighted by Crippen LogP contribution is 2.48. The monoisotopic (exact) mass is 290 g/mol. The van der Waals surface area contributed by atoms with Gasteiger partial charge in [-0.25, -0.2) is 9.78 Å². The van der Waals surface area contributed by atoms with Gasteiger partial charge in [0, 0.05) is 17.5 Å². The van der Waals surface area contributed by atoms with Crippen molar-refractivity contribution in [2.45, 2.75) is 30.8 Å². The molecule has 1 saturated heterocycles. The van der Waals surface area contributed by atoms with Crippen molar-refractivity contribution in [2.24, 2.45) is 5.92 Å². The SMILES string of the molecule is CCC1C(=O)N2C(C(=O)O)=C(Sc3ccccn3)CC12. The van der Waals surface area contributed by atoms with E-state index < -0.39 is 5.97 Å². The standard InChI is InChI=1S/C14H14N2O3S/c1-2-8-9-7-10(20-11-5-3-4-6-15-11)12(14(18)19)16(9)13(8)17/h3-6,8-9H,2,7H2,1H3,(H,18,19). The molecule has 1 amide bonds. The third-order valence-corrected chi connectivity index (χ3v) is 4.82. The number of hydrogen-bond donors (Lipinski definition) is 1. The molecule has 2 atom stereocenters. The lowest BCUT2D eigenvalue weighted by Crippen LogP contribution is -2.58. The minimum atomic E-state index is -1.03. The molecule has 5 nitrogen and oxygen atoms in total. The van der Waals surface area contributed by atoms with Crippen LogP contribution in [0.25, 0.3) is 0 Å². The summed E-state index contributed by atoms with van der Waals surface area (Å²) < 4.78 is 0. The van der Waals surface area contributed by atoms with Crippen molar-refractivity contribution in [3.05, 3.63) is 35.0 Å². The molecule has 20 heavy (non-hydrogen) atoms. The van der Waals surface area contributed by atoms with E-state index in [1.807, 2.05) is 25.1 Å². The van der Waals surface area contributed by atoms with E-state index in [4.69, 9.17) is 0 Å². The highest BCUT2D eigenvalue weighted by Gasteiger charge is 2.54. The van der Waals surface area contributed by atoms with Crippen LogP contribution < -0.4 is 0 Å². The Labute approximate surface area is 120 Å². The maximum atomic E-state index is 12.0. The first-order valence-corrected chi connectivity index (χ1v) is 7.33. The van der Waals surface area contributed by atoms with Gasteiger partial charge in [-0.2, -0.15) is 0 Å². The predicted molar refractivity (Wildman–Crippen MR) is 73.8 cm³/mol. The summed E-state index contributed by atoms with van der Waals surface area (Å²) in [6, 6.07) is 5.53. The molecule has 0 aliphatic carbocycles. The van der Waals surface area contributed by atoms with Gasteiger partial charge in [0.05, 0.1) is 12.0 Å². The number of carbonyl (C=O) groups excluding carboxylic acids is 1. The van der Waals surface area contributed by atoms with Crippen LogP contribution in [0.1, 0.15) is 19.8 Å². The Hall–Kier alpha value is -1.82. The van der Waals surface area contributed by atoms with Gasteiger partial charge in [0.15, 0.2) is 0 Å². The maximum absolute atomic E-state index is 12.0. The molecule has 3 rings (SSSR count). The van der Waals surface area contributed by atoms with Crippen molar-refractivity contribution < 1.29 is 14.7 Å². The van der Waals surface area contributed by atoms with Crippen molar-refractivity contribution in [3.8, 4) is 0 Å². The van der Waals surface area contributed by atoms with E-state index in [2.05, 4.69) is 4.98 Å². The van der Waals surface area contributed by atoms with Gasteiger partial charge >= 0.3 is 5.97 Å². The van der Waals surface area contributed by atoms with Crippen LogP contribution in [0.3, 0.4) is 0 Å². The summed E-state index contributed by atoms with van der Waals surface area (Å²) in [5, 5.41) is 10.1. The largest absolute Gasteiger partial charge is 0.477 e. The van der Waals surface area contributed by atoms with E-state index in [-0.39, 0.29) is 23.6 Å². The number of carboxylic acids is 1. The van der Waals surface area contributed by atoms with Crippen LogP contribution in [0.4, 0.5) is 0 Å². The fourth-order valence-electron chi connectivity index (χ4n) is 2.83. The highest BCUT2D eigenvalue weighted by molar-refractivity contribution is 8.03. The summed E-state index contributed by atoms with van der Waals surface area (Å²) in [4.78, 5) is 29.8. The smallest absolute Gasteiger partial charge is 0.353 e. The van der Waals surface area contributed by atoms with Crippen LogP contribution in [-0.4, -0.2) is 32.9 Å². The molecule has 3 heterocycles. The van der Waals surface area contributed by atoms with Crippen LogP contribution in [-0.2, 0) is 9.59 Å². The van der Waals surface area contributed by atoms with Gasteiger partial charge in [-0.05, 0) is 18.6 Å².